The number of fused-ring (bicyclic) bond motifs is 3. The minimum absolute atomic E-state index is 0.0361. The first-order valence-electron chi connectivity index (χ1n) is 11.1. The number of rotatable bonds is 5. The van der Waals surface area contributed by atoms with E-state index in [4.69, 9.17) is 4.74 Å². The first-order valence-corrected chi connectivity index (χ1v) is 11.1. The minimum Gasteiger partial charge on any atom is -0.477 e. The summed E-state index contributed by atoms with van der Waals surface area (Å²) in [5, 5.41) is 9.58. The van der Waals surface area contributed by atoms with Crippen LogP contribution in [0.2, 0.25) is 0 Å². The molecule has 0 saturated carbocycles. The van der Waals surface area contributed by atoms with Crippen LogP contribution in [0.15, 0.2) is 84.1 Å². The fourth-order valence-electron chi connectivity index (χ4n) is 4.93. The topological polar surface area (TPSA) is 83.9 Å². The Morgan fingerprint density at radius 1 is 0.971 bits per heavy atom. The van der Waals surface area contributed by atoms with Gasteiger partial charge in [-0.3, -0.25) is 9.69 Å². The normalized spacial score (nSPS) is 16.4. The van der Waals surface area contributed by atoms with Gasteiger partial charge in [0, 0.05) is 12.1 Å². The highest BCUT2D eigenvalue weighted by molar-refractivity contribution is 6.22. The molecule has 3 aromatic carbocycles. The Hall–Kier alpha value is -4.19. The molecule has 1 aliphatic heterocycles. The van der Waals surface area contributed by atoms with Gasteiger partial charge >= 0.3 is 12.1 Å². The number of benzene rings is 3. The first-order chi connectivity index (χ1) is 16.5. The molecule has 34 heavy (non-hydrogen) atoms. The lowest BCUT2D eigenvalue weighted by Crippen LogP contribution is -2.40. The number of Topliss-reactive ketones (excluding diaryl/α,β-unsaturated/α-hetero) is 1. The van der Waals surface area contributed by atoms with Gasteiger partial charge in [0.15, 0.2) is 5.78 Å². The van der Waals surface area contributed by atoms with Crippen molar-refractivity contribution in [2.75, 3.05) is 0 Å². The zero-order valence-electron chi connectivity index (χ0n) is 18.7. The fourth-order valence-corrected chi connectivity index (χ4v) is 4.93. The van der Waals surface area contributed by atoms with Gasteiger partial charge in [-0.25, -0.2) is 9.59 Å². The molecule has 1 N–H and O–H groups in total. The second-order valence-electron chi connectivity index (χ2n) is 8.54. The van der Waals surface area contributed by atoms with Crippen LogP contribution in [-0.4, -0.2) is 33.9 Å². The van der Waals surface area contributed by atoms with E-state index in [1.165, 1.54) is 23.0 Å². The molecule has 1 atom stereocenters. The Morgan fingerprint density at radius 3 is 2.44 bits per heavy atom. The van der Waals surface area contributed by atoms with E-state index in [1.54, 1.807) is 0 Å². The second kappa shape index (κ2) is 8.63. The predicted molar refractivity (Wildman–Crippen MR) is 126 cm³/mol. The molecule has 6 nitrogen and oxygen atoms in total. The number of carboxylic acid groups (broad SMARTS) is 1. The second-order valence-corrected chi connectivity index (χ2v) is 8.54. The van der Waals surface area contributed by atoms with E-state index in [2.05, 4.69) is 18.2 Å². The molecule has 0 radical (unpaired) electrons. The molecule has 1 heterocycles. The van der Waals surface area contributed by atoms with Gasteiger partial charge < -0.3 is 9.84 Å². The zero-order chi connectivity index (χ0) is 23.8. The highest BCUT2D eigenvalue weighted by Crippen LogP contribution is 2.38. The van der Waals surface area contributed by atoms with Crippen molar-refractivity contribution in [1.82, 2.24) is 4.90 Å². The van der Waals surface area contributed by atoms with E-state index in [-0.39, 0.29) is 24.3 Å². The maximum Gasteiger partial charge on any atom is 0.415 e. The molecule has 1 unspecified atom stereocenters. The summed E-state index contributed by atoms with van der Waals surface area (Å²) in [7, 11) is 0. The SMILES string of the molecule is CC1=C(C(=O)O)C(=O)C(Cc2ccccc2)N1C(=O)OCc1cccc2c1Cc1ccccc1-2. The number of carbonyl (C=O) groups is 3. The van der Waals surface area contributed by atoms with Crippen LogP contribution in [0.1, 0.15) is 29.2 Å². The summed E-state index contributed by atoms with van der Waals surface area (Å²) >= 11 is 0. The van der Waals surface area contributed by atoms with E-state index >= 15 is 0 Å². The minimum atomic E-state index is -1.34. The number of nitrogens with zero attached hydrogens (tertiary/aromatic N) is 1. The van der Waals surface area contributed by atoms with Crippen molar-refractivity contribution in [3.63, 3.8) is 0 Å². The third-order valence-electron chi connectivity index (χ3n) is 6.57. The third kappa shape index (κ3) is 3.67. The number of amides is 1. The molecule has 170 valence electrons. The number of allylic oxidation sites excluding steroid dienone is 1. The van der Waals surface area contributed by atoms with Gasteiger partial charge in [-0.1, -0.05) is 72.8 Å². The molecule has 0 spiro atoms. The van der Waals surface area contributed by atoms with Crippen LogP contribution in [0.3, 0.4) is 0 Å². The molecule has 6 heteroatoms. The summed E-state index contributed by atoms with van der Waals surface area (Å²) in [6.45, 7) is 1.51. The Labute approximate surface area is 197 Å². The molecule has 1 amide bonds. The maximum atomic E-state index is 13.2. The van der Waals surface area contributed by atoms with E-state index in [0.717, 1.165) is 28.7 Å². The van der Waals surface area contributed by atoms with Gasteiger partial charge in [0.25, 0.3) is 0 Å². The number of hydrogen-bond acceptors (Lipinski definition) is 4. The molecular formula is C28H23NO5. The molecule has 0 bridgehead atoms. The van der Waals surface area contributed by atoms with E-state index in [0.29, 0.717) is 0 Å². The Morgan fingerprint density at radius 2 is 1.68 bits per heavy atom. The lowest BCUT2D eigenvalue weighted by atomic mass is 10.0. The highest BCUT2D eigenvalue weighted by Gasteiger charge is 2.44. The van der Waals surface area contributed by atoms with Crippen LogP contribution in [0.4, 0.5) is 4.79 Å². The van der Waals surface area contributed by atoms with Crippen LogP contribution < -0.4 is 0 Å². The molecule has 0 fully saturated rings. The lowest BCUT2D eigenvalue weighted by molar-refractivity contribution is -0.134. The molecule has 5 rings (SSSR count). The van der Waals surface area contributed by atoms with E-state index < -0.39 is 23.9 Å². The predicted octanol–water partition coefficient (Wildman–Crippen LogP) is 4.75. The van der Waals surface area contributed by atoms with E-state index in [9.17, 15) is 19.5 Å². The van der Waals surface area contributed by atoms with Crippen LogP contribution in [0, 0.1) is 0 Å². The Kier molecular flexibility index (Phi) is 5.49. The summed E-state index contributed by atoms with van der Waals surface area (Å²) in [5.41, 5.74) is 6.13. The Bertz CT molecular complexity index is 1340. The summed E-state index contributed by atoms with van der Waals surface area (Å²) in [6, 6.07) is 22.4. The molecular weight excluding hydrogens is 430 g/mol. The fraction of sp³-hybridized carbons (Fsp3) is 0.179. The largest absolute Gasteiger partial charge is 0.477 e. The number of carbonyl (C=O) groups excluding carboxylic acids is 2. The van der Waals surface area contributed by atoms with Crippen LogP contribution in [0.25, 0.3) is 11.1 Å². The third-order valence-corrected chi connectivity index (χ3v) is 6.57. The van der Waals surface area contributed by atoms with Gasteiger partial charge in [-0.2, -0.15) is 0 Å². The van der Waals surface area contributed by atoms with Gasteiger partial charge in [-0.15, -0.1) is 0 Å². The average molecular weight is 453 g/mol. The van der Waals surface area contributed by atoms with Crippen LogP contribution >= 0.6 is 0 Å². The van der Waals surface area contributed by atoms with Gasteiger partial charge in [-0.05, 0) is 46.7 Å². The average Bonchev–Trinajstić information content (AvgIpc) is 3.33. The van der Waals surface area contributed by atoms with Crippen molar-refractivity contribution in [3.05, 3.63) is 106 Å². The van der Waals surface area contributed by atoms with Crippen LogP contribution in [-0.2, 0) is 33.8 Å². The zero-order valence-corrected chi connectivity index (χ0v) is 18.7. The Balaban J connectivity index is 1.39. The van der Waals surface area contributed by atoms with Crippen molar-refractivity contribution in [2.24, 2.45) is 0 Å². The van der Waals surface area contributed by atoms with E-state index in [1.807, 2.05) is 54.6 Å². The number of aliphatic carboxylic acids is 1. The maximum absolute atomic E-state index is 13.2. The first kappa shape index (κ1) is 21.6. The number of hydrogen-bond donors (Lipinski definition) is 1. The van der Waals surface area contributed by atoms with Crippen molar-refractivity contribution in [3.8, 4) is 11.1 Å². The highest BCUT2D eigenvalue weighted by atomic mass is 16.6. The number of carboxylic acids is 1. The summed E-state index contributed by atoms with van der Waals surface area (Å²) in [4.78, 5) is 39.1. The quantitative estimate of drug-likeness (QED) is 0.441. The molecule has 2 aliphatic rings. The van der Waals surface area contributed by atoms with Crippen molar-refractivity contribution >= 4 is 17.8 Å². The summed E-state index contributed by atoms with van der Waals surface area (Å²) in [6.07, 6.45) is 0.246. The molecule has 1 aliphatic carbocycles. The monoisotopic (exact) mass is 453 g/mol. The summed E-state index contributed by atoms with van der Waals surface area (Å²) in [5.74, 6) is -1.92. The summed E-state index contributed by atoms with van der Waals surface area (Å²) < 4.78 is 5.66. The lowest BCUT2D eigenvalue weighted by Gasteiger charge is -2.25. The van der Waals surface area contributed by atoms with Crippen molar-refractivity contribution in [1.29, 1.82) is 0 Å². The van der Waals surface area contributed by atoms with Crippen molar-refractivity contribution in [2.45, 2.75) is 32.4 Å². The number of ether oxygens (including phenoxy) is 1. The smallest absolute Gasteiger partial charge is 0.415 e. The molecule has 0 aromatic heterocycles. The standard InChI is InChI=1S/C28H23NO5/c1-17-25(27(31)32)26(30)24(14-18-8-3-2-4-9-18)29(17)28(33)34-16-20-11-7-13-22-21-12-6-5-10-19(21)15-23(20)22/h2-13,24H,14-16H2,1H3,(H,31,32). The van der Waals surface area contributed by atoms with Gasteiger partial charge in [0.05, 0.1) is 0 Å². The van der Waals surface area contributed by atoms with Crippen LogP contribution in [0.5, 0.6) is 0 Å². The van der Waals surface area contributed by atoms with Gasteiger partial charge in [0.1, 0.15) is 18.2 Å². The molecule has 3 aromatic rings. The molecule has 0 saturated heterocycles. The number of ketones is 1. The van der Waals surface area contributed by atoms with Crippen molar-refractivity contribution < 1.29 is 24.2 Å². The van der Waals surface area contributed by atoms with Gasteiger partial charge in [0.2, 0.25) is 0 Å².